The van der Waals surface area contributed by atoms with Gasteiger partial charge in [-0.2, -0.15) is 18.4 Å². The first-order chi connectivity index (χ1) is 39.9. The molecule has 0 spiro atoms. The Labute approximate surface area is 507 Å². The van der Waals surface area contributed by atoms with Gasteiger partial charge in [0.2, 0.25) is 0 Å². The van der Waals surface area contributed by atoms with E-state index in [-0.39, 0.29) is 0 Å². The topological polar surface area (TPSA) is 33.0 Å². The molecular formula is C78H106F3NO. The Bertz CT molecular complexity index is 2600. The van der Waals surface area contributed by atoms with E-state index in [0.717, 1.165) is 98.8 Å². The molecule has 0 unspecified atom stereocenters. The van der Waals surface area contributed by atoms with Gasteiger partial charge >= 0.3 is 6.18 Å². The van der Waals surface area contributed by atoms with Crippen molar-refractivity contribution in [3.05, 3.63) is 244 Å². The van der Waals surface area contributed by atoms with Crippen molar-refractivity contribution in [3.63, 3.8) is 0 Å². The highest BCUT2D eigenvalue weighted by Crippen LogP contribution is 2.29. The molecule has 0 atom stereocenters. The van der Waals surface area contributed by atoms with Gasteiger partial charge < -0.3 is 4.74 Å². The zero-order chi connectivity index (χ0) is 63.8. The van der Waals surface area contributed by atoms with Crippen molar-refractivity contribution >= 4 is 0 Å². The summed E-state index contributed by atoms with van der Waals surface area (Å²) >= 11 is 0. The molecule has 450 valence electrons. The van der Waals surface area contributed by atoms with Crippen LogP contribution >= 0.6 is 0 Å². The van der Waals surface area contributed by atoms with Crippen LogP contribution in [0, 0.1) is 54.3 Å². The number of halogens is 3. The Morgan fingerprint density at radius 2 is 0.928 bits per heavy atom. The van der Waals surface area contributed by atoms with Crippen molar-refractivity contribution in [2.75, 3.05) is 7.11 Å². The Morgan fingerprint density at radius 1 is 0.542 bits per heavy atom. The summed E-state index contributed by atoms with van der Waals surface area (Å²) in [5.74, 6) is 15.0. The van der Waals surface area contributed by atoms with E-state index in [1.54, 1.807) is 7.11 Å². The average Bonchev–Trinajstić information content (AvgIpc) is 3.52. The lowest BCUT2D eigenvalue weighted by molar-refractivity contribution is -0.137. The van der Waals surface area contributed by atoms with Gasteiger partial charge in [-0.05, 0) is 162 Å². The number of methoxy groups -OCH3 is 1. The monoisotopic (exact) mass is 1130 g/mol. The van der Waals surface area contributed by atoms with Crippen LogP contribution in [0.5, 0.6) is 5.75 Å². The lowest BCUT2D eigenvalue weighted by atomic mass is 10.1. The molecule has 0 aliphatic heterocycles. The first kappa shape index (κ1) is 84.1. The summed E-state index contributed by atoms with van der Waals surface area (Å²) in [6.45, 7) is 36.5. The van der Waals surface area contributed by atoms with Crippen molar-refractivity contribution in [1.82, 2.24) is 0 Å². The number of aryl methyl sites for hydroxylation is 6. The summed E-state index contributed by atoms with van der Waals surface area (Å²) in [5, 5.41) is 8.45. The summed E-state index contributed by atoms with van der Waals surface area (Å²) < 4.78 is 41.1. The number of alkyl halides is 3. The highest BCUT2D eigenvalue weighted by molar-refractivity contribution is 5.34. The first-order valence-electron chi connectivity index (χ1n) is 29.5. The average molecular weight is 1130 g/mol. The first-order valence-corrected chi connectivity index (χ1v) is 29.5. The second kappa shape index (κ2) is 63.5. The third kappa shape index (κ3) is 58.8. The molecule has 0 bridgehead atoms. The second-order valence-corrected chi connectivity index (χ2v) is 17.8. The minimum Gasteiger partial charge on any atom is -0.497 e. The SMILES string of the molecule is C#CCC.C/C=C/CC.C=CCC.CC#CCC.CCC#Cc1ccccc1.CCC=C(C)C.CCc1ccc(C#N)cc1.CCc1ccc(C(F)(F)F)cc1.CCc1ccc(C)cc1.CCc1ccc(OC)cc1.CCc1ccccc1. The highest BCUT2D eigenvalue weighted by Gasteiger charge is 2.29. The number of terminal acetylenes is 1. The van der Waals surface area contributed by atoms with Crippen LogP contribution in [0.3, 0.4) is 0 Å². The second-order valence-electron chi connectivity index (χ2n) is 17.8. The van der Waals surface area contributed by atoms with Crippen LogP contribution in [0.2, 0.25) is 0 Å². The predicted octanol–water partition coefficient (Wildman–Crippen LogP) is 23.3. The molecule has 0 aromatic heterocycles. The lowest BCUT2D eigenvalue weighted by Crippen LogP contribution is -2.04. The summed E-state index contributed by atoms with van der Waals surface area (Å²) in [6.07, 6.45) is 20.2. The zero-order valence-corrected chi connectivity index (χ0v) is 54.4. The van der Waals surface area contributed by atoms with E-state index in [0.29, 0.717) is 0 Å². The number of benzene rings is 6. The van der Waals surface area contributed by atoms with E-state index in [4.69, 9.17) is 16.4 Å². The van der Waals surface area contributed by atoms with Gasteiger partial charge in [0.05, 0.1) is 24.3 Å². The van der Waals surface area contributed by atoms with Crippen molar-refractivity contribution < 1.29 is 17.9 Å². The van der Waals surface area contributed by atoms with Crippen LogP contribution in [0.15, 0.2) is 194 Å². The molecule has 0 fully saturated rings. The Morgan fingerprint density at radius 3 is 1.18 bits per heavy atom. The lowest BCUT2D eigenvalue weighted by Gasteiger charge is -2.06. The van der Waals surface area contributed by atoms with Crippen LogP contribution in [-0.2, 0) is 38.3 Å². The van der Waals surface area contributed by atoms with Crippen LogP contribution in [0.25, 0.3) is 0 Å². The summed E-state index contributed by atoms with van der Waals surface area (Å²) in [7, 11) is 1.68. The normalized spacial score (nSPS) is 8.80. The standard InChI is InChI=1S/C10H10.C9H9F3.C9H9N.C9H12O.C9H12.C8H10.C6H12.C5H10.C5H8.C4H8.C4H6/c1-2-3-7-10-8-5-4-6-9-10;1-2-7-3-5-8(6-4-7)9(10,11)12;1-2-8-3-5-9(7-10)6-4-8;1-3-8-4-6-9(10-2)7-5-8;1-3-9-6-4-8(2)5-7-9;1-2-8-6-4-3-5-7-8;1-4-5-6(2)3;2*1-3-5-4-2;2*1-3-4-2/h4-6,8-9H,2H2,1H3;3-6H,2H2,1H3;3-6H,2H2,1H3;4-7H,3H2,1-2H3;4-7H,3H2,1-2H3;3-7H,2H2,1H3;5H,4H2,1-3H3;3,5H,4H2,1-2H3;3H2,1-2H3;3H,1,4H2,2H3;1H,4H2,2H3/b;;;;;;;5-3+;;;. The summed E-state index contributed by atoms with van der Waals surface area (Å²) in [6, 6.07) is 52.2. The molecule has 0 amide bonds. The quantitative estimate of drug-likeness (QED) is 0.107. The molecule has 2 nitrogen and oxygen atoms in total. The summed E-state index contributed by atoms with van der Waals surface area (Å²) in [5.41, 5.74) is 10.4. The molecular weight excluding hydrogens is 1020 g/mol. The third-order valence-electron chi connectivity index (χ3n) is 10.6. The fraction of sp³-hybridized carbons (Fsp3) is 0.372. The highest BCUT2D eigenvalue weighted by atomic mass is 19.4. The predicted molar refractivity (Wildman–Crippen MR) is 362 cm³/mol. The van der Waals surface area contributed by atoms with E-state index >= 15 is 0 Å². The molecule has 6 aromatic rings. The fourth-order valence-corrected chi connectivity index (χ4v) is 5.68. The van der Waals surface area contributed by atoms with Gasteiger partial charge in [-0.1, -0.05) is 233 Å². The van der Waals surface area contributed by atoms with Crippen LogP contribution in [-0.4, -0.2) is 7.11 Å². The molecule has 0 saturated heterocycles. The maximum absolute atomic E-state index is 12.0. The van der Waals surface area contributed by atoms with E-state index in [1.807, 2.05) is 113 Å². The molecule has 0 N–H and O–H groups in total. The molecule has 83 heavy (non-hydrogen) atoms. The van der Waals surface area contributed by atoms with Gasteiger partial charge in [0.1, 0.15) is 5.75 Å². The van der Waals surface area contributed by atoms with E-state index in [9.17, 15) is 13.2 Å². The minimum atomic E-state index is -4.22. The summed E-state index contributed by atoms with van der Waals surface area (Å²) in [4.78, 5) is 0. The van der Waals surface area contributed by atoms with Gasteiger partial charge in [-0.25, -0.2) is 0 Å². The van der Waals surface area contributed by atoms with Gasteiger partial charge in [-0.15, -0.1) is 30.8 Å². The minimum absolute atomic E-state index is 0.584. The number of nitrogens with zero attached hydrogens (tertiary/aromatic N) is 1. The van der Waals surface area contributed by atoms with Crippen molar-refractivity contribution in [3.8, 4) is 47.8 Å². The van der Waals surface area contributed by atoms with Gasteiger partial charge in [0.25, 0.3) is 0 Å². The number of allylic oxidation sites excluding steroid dienone is 5. The van der Waals surface area contributed by atoms with E-state index < -0.39 is 11.7 Å². The number of hydrogen-bond acceptors (Lipinski definition) is 2. The molecule has 0 heterocycles. The van der Waals surface area contributed by atoms with Crippen LogP contribution in [0.1, 0.15) is 192 Å². The van der Waals surface area contributed by atoms with E-state index in [2.05, 4.69) is 197 Å². The number of rotatable bonds is 9. The molecule has 0 aliphatic rings. The van der Waals surface area contributed by atoms with E-state index in [1.165, 1.54) is 51.9 Å². The van der Waals surface area contributed by atoms with Crippen molar-refractivity contribution in [2.45, 2.75) is 188 Å². The molecule has 0 saturated carbocycles. The fourth-order valence-electron chi connectivity index (χ4n) is 5.68. The Kier molecular flexibility index (Phi) is 64.3. The number of ether oxygens (including phenoxy) is 1. The van der Waals surface area contributed by atoms with Gasteiger partial charge in [-0.3, -0.25) is 0 Å². The maximum atomic E-state index is 12.0. The Hall–Kier alpha value is -7.70. The van der Waals surface area contributed by atoms with Crippen molar-refractivity contribution in [1.29, 1.82) is 5.26 Å². The molecule has 0 aliphatic carbocycles. The third-order valence-corrected chi connectivity index (χ3v) is 10.6. The van der Waals surface area contributed by atoms with Crippen LogP contribution < -0.4 is 4.74 Å². The molecule has 0 radical (unpaired) electrons. The Balaban J connectivity index is -0.000000273. The maximum Gasteiger partial charge on any atom is 0.416 e. The molecule has 6 aromatic carbocycles. The van der Waals surface area contributed by atoms with Gasteiger partial charge in [0.15, 0.2) is 0 Å². The largest absolute Gasteiger partial charge is 0.497 e. The molecule has 5 heteroatoms. The zero-order valence-electron chi connectivity index (χ0n) is 54.4. The van der Waals surface area contributed by atoms with Crippen LogP contribution in [0.4, 0.5) is 13.2 Å². The molecule has 6 rings (SSSR count). The van der Waals surface area contributed by atoms with Gasteiger partial charge in [0, 0.05) is 24.8 Å². The van der Waals surface area contributed by atoms with Crippen molar-refractivity contribution in [2.24, 2.45) is 0 Å². The smallest absolute Gasteiger partial charge is 0.416 e. The number of nitriles is 1. The number of hydrogen-bond donors (Lipinski definition) is 0.